The summed E-state index contributed by atoms with van der Waals surface area (Å²) < 4.78 is 0. The first-order valence-corrected chi connectivity index (χ1v) is 6.88. The van der Waals surface area contributed by atoms with Crippen molar-refractivity contribution in [2.75, 3.05) is 0 Å². The van der Waals surface area contributed by atoms with Gasteiger partial charge in [-0.3, -0.25) is 0 Å². The topological polar surface area (TPSA) is 24.8 Å². The molecule has 3 nitrogen and oxygen atoms in total. The summed E-state index contributed by atoms with van der Waals surface area (Å²) in [5.41, 5.74) is -0.113. The predicted octanol–water partition coefficient (Wildman–Crippen LogP) is 2.74. The Morgan fingerprint density at radius 1 is 1.29 bits per heavy atom. The Hall–Kier alpha value is -0.830. The highest BCUT2D eigenvalue weighted by atomic mass is 16.7. The van der Waals surface area contributed by atoms with E-state index in [0.29, 0.717) is 12.0 Å². The lowest BCUT2D eigenvalue weighted by Gasteiger charge is -2.38. The van der Waals surface area contributed by atoms with Gasteiger partial charge in [-0.2, -0.15) is 0 Å². The molecule has 5 rings (SSSR count). The van der Waals surface area contributed by atoms with Crippen molar-refractivity contribution in [1.82, 2.24) is 5.06 Å². The van der Waals surface area contributed by atoms with Crippen LogP contribution in [0.25, 0.3) is 0 Å². The van der Waals surface area contributed by atoms with Crippen LogP contribution >= 0.6 is 0 Å². The van der Waals surface area contributed by atoms with Gasteiger partial charge in [0, 0.05) is 12.0 Å². The smallest absolute Gasteiger partial charge is 0.235 e. The molecule has 2 unspecified atom stereocenters. The van der Waals surface area contributed by atoms with Crippen molar-refractivity contribution in [3.8, 4) is 0 Å². The number of hydroxylamine groups is 2. The molecule has 0 N–H and O–H groups in total. The van der Waals surface area contributed by atoms with Crippen LogP contribution in [0.2, 0.25) is 0 Å². The van der Waals surface area contributed by atoms with Gasteiger partial charge in [0.1, 0.15) is 5.66 Å². The number of hydrogen-bond donors (Lipinski definition) is 0. The van der Waals surface area contributed by atoms with Crippen LogP contribution in [0.5, 0.6) is 0 Å². The second-order valence-electron chi connectivity index (χ2n) is 6.43. The first-order chi connectivity index (χ1) is 8.19. The van der Waals surface area contributed by atoms with Gasteiger partial charge >= 0.3 is 0 Å². The molecule has 2 saturated heterocycles. The molecular formula is C14H20N2O. The highest BCUT2D eigenvalue weighted by Gasteiger charge is 2.57. The Kier molecular flexibility index (Phi) is 1.87. The summed E-state index contributed by atoms with van der Waals surface area (Å²) >= 11 is 0. The lowest BCUT2D eigenvalue weighted by Crippen LogP contribution is -2.48. The number of hydrogen-bond acceptors (Lipinski definition) is 3. The molecule has 2 saturated carbocycles. The molecular weight excluding hydrogens is 212 g/mol. The second-order valence-corrected chi connectivity index (χ2v) is 6.43. The Balaban J connectivity index is 1.80. The van der Waals surface area contributed by atoms with Gasteiger partial charge in [-0.25, -0.2) is 4.99 Å². The van der Waals surface area contributed by atoms with Crippen molar-refractivity contribution >= 4 is 5.90 Å². The van der Waals surface area contributed by atoms with Crippen molar-refractivity contribution in [3.05, 3.63) is 12.7 Å². The van der Waals surface area contributed by atoms with E-state index in [0.717, 1.165) is 17.7 Å². The third-order valence-corrected chi connectivity index (χ3v) is 5.37. The molecule has 0 spiro atoms. The largest absolute Gasteiger partial charge is 0.383 e. The summed E-state index contributed by atoms with van der Waals surface area (Å²) in [6.45, 7) is 6.05. The summed E-state index contributed by atoms with van der Waals surface area (Å²) in [6.07, 6.45) is 8.50. The molecule has 2 aliphatic carbocycles. The maximum absolute atomic E-state index is 5.95. The van der Waals surface area contributed by atoms with Crippen LogP contribution in [-0.4, -0.2) is 22.7 Å². The maximum atomic E-state index is 5.95. The van der Waals surface area contributed by atoms with E-state index in [4.69, 9.17) is 9.83 Å². The zero-order valence-electron chi connectivity index (χ0n) is 10.4. The van der Waals surface area contributed by atoms with E-state index in [9.17, 15) is 0 Å². The van der Waals surface area contributed by atoms with Crippen LogP contribution in [0, 0.1) is 17.8 Å². The zero-order chi connectivity index (χ0) is 11.6. The Morgan fingerprint density at radius 2 is 2.00 bits per heavy atom. The van der Waals surface area contributed by atoms with E-state index in [-0.39, 0.29) is 5.66 Å². The molecule has 92 valence electrons. The number of aliphatic imine (C=N–C) groups is 1. The van der Waals surface area contributed by atoms with Crippen molar-refractivity contribution in [1.29, 1.82) is 0 Å². The van der Waals surface area contributed by atoms with Gasteiger partial charge < -0.3 is 4.84 Å². The van der Waals surface area contributed by atoms with Crippen molar-refractivity contribution in [2.24, 2.45) is 22.7 Å². The fourth-order valence-corrected chi connectivity index (χ4v) is 4.74. The summed E-state index contributed by atoms with van der Waals surface area (Å²) in [6, 6.07) is 0.581. The van der Waals surface area contributed by atoms with Crippen LogP contribution in [0.4, 0.5) is 0 Å². The predicted molar refractivity (Wildman–Crippen MR) is 66.3 cm³/mol. The molecule has 0 aromatic carbocycles. The molecule has 3 aliphatic heterocycles. The Morgan fingerprint density at radius 3 is 2.65 bits per heavy atom. The first-order valence-electron chi connectivity index (χ1n) is 6.88. The molecule has 4 bridgehead atoms. The summed E-state index contributed by atoms with van der Waals surface area (Å²) in [5.74, 6) is 3.24. The highest BCUT2D eigenvalue weighted by Crippen LogP contribution is 2.55. The summed E-state index contributed by atoms with van der Waals surface area (Å²) in [7, 11) is 0. The standard InChI is InChI=1S/C14H20N2O/c1-3-13-15-14(2)11-5-9-4-10(6-11)8-12(7-9)16(14)17-13/h3,9-12H,1,4-8H2,2H3/t9?,10?,11?,12?,14-/m0/s1. The van der Waals surface area contributed by atoms with Gasteiger partial charge in [0.2, 0.25) is 5.90 Å². The monoisotopic (exact) mass is 232 g/mol. The minimum absolute atomic E-state index is 0.113. The van der Waals surface area contributed by atoms with Gasteiger partial charge in [0.25, 0.3) is 0 Å². The van der Waals surface area contributed by atoms with E-state index >= 15 is 0 Å². The maximum Gasteiger partial charge on any atom is 0.235 e. The van der Waals surface area contributed by atoms with Gasteiger partial charge in [0.15, 0.2) is 0 Å². The summed E-state index contributed by atoms with van der Waals surface area (Å²) in [4.78, 5) is 10.8. The second kappa shape index (κ2) is 3.14. The Labute approximate surface area is 102 Å². The average Bonchev–Trinajstić information content (AvgIpc) is 2.61. The lowest BCUT2D eigenvalue weighted by molar-refractivity contribution is -0.164. The van der Waals surface area contributed by atoms with E-state index in [1.807, 2.05) is 0 Å². The van der Waals surface area contributed by atoms with Gasteiger partial charge in [-0.15, -0.1) is 5.06 Å². The first kappa shape index (κ1) is 10.1. The normalized spacial score (nSPS) is 51.7. The molecule has 0 radical (unpaired) electrons. The minimum Gasteiger partial charge on any atom is -0.383 e. The van der Waals surface area contributed by atoms with Crippen LogP contribution in [-0.2, 0) is 4.84 Å². The molecule has 3 heteroatoms. The molecule has 0 aromatic rings. The van der Waals surface area contributed by atoms with Crippen LogP contribution in [0.1, 0.15) is 39.0 Å². The average molecular weight is 232 g/mol. The van der Waals surface area contributed by atoms with E-state index in [1.165, 1.54) is 32.1 Å². The van der Waals surface area contributed by atoms with Crippen LogP contribution in [0.3, 0.4) is 0 Å². The van der Waals surface area contributed by atoms with E-state index in [1.54, 1.807) is 6.08 Å². The summed E-state index contributed by atoms with van der Waals surface area (Å²) in [5, 5.41) is 2.22. The zero-order valence-corrected chi connectivity index (χ0v) is 10.4. The molecule has 5 aliphatic rings. The van der Waals surface area contributed by atoms with E-state index < -0.39 is 0 Å². The van der Waals surface area contributed by atoms with Crippen molar-refractivity contribution in [3.63, 3.8) is 0 Å². The van der Waals surface area contributed by atoms with E-state index in [2.05, 4.69) is 18.6 Å². The van der Waals surface area contributed by atoms with Gasteiger partial charge in [0.05, 0.1) is 0 Å². The third kappa shape index (κ3) is 1.23. The molecule has 3 heterocycles. The molecule has 4 fully saturated rings. The number of rotatable bonds is 1. The van der Waals surface area contributed by atoms with Gasteiger partial charge in [-0.05, 0) is 56.9 Å². The highest BCUT2D eigenvalue weighted by molar-refractivity contribution is 5.88. The van der Waals surface area contributed by atoms with Crippen molar-refractivity contribution < 1.29 is 4.84 Å². The minimum atomic E-state index is -0.113. The van der Waals surface area contributed by atoms with Crippen molar-refractivity contribution in [2.45, 2.75) is 50.7 Å². The molecule has 0 amide bonds. The molecule has 3 atom stereocenters. The number of nitrogens with zero attached hydrogens (tertiary/aromatic N) is 2. The van der Waals surface area contributed by atoms with Crippen LogP contribution < -0.4 is 0 Å². The third-order valence-electron chi connectivity index (χ3n) is 5.37. The quantitative estimate of drug-likeness (QED) is 0.694. The van der Waals surface area contributed by atoms with Crippen LogP contribution in [0.15, 0.2) is 17.6 Å². The van der Waals surface area contributed by atoms with Gasteiger partial charge in [-0.1, -0.05) is 6.58 Å². The SMILES string of the molecule is C=CC1=N[C@]2(C)C3CC4CC(CC(C4)N2O1)C3. The fourth-order valence-electron chi connectivity index (χ4n) is 4.74. The Bertz CT molecular complexity index is 391. The molecule has 0 aromatic heterocycles. The molecule has 17 heavy (non-hydrogen) atoms. The lowest BCUT2D eigenvalue weighted by atomic mass is 9.66. The fraction of sp³-hybridized carbons (Fsp3) is 0.786.